The standard InChI is InChI=1S/C29H30O7/c1-21(30)35-28-27(34-19-24-15-9-4-10-16-24)26(33-18-23-13-7-3-8-14-23)25(36-29(28)31)20-32-17-22-11-5-2-6-12-22/h2-16,25-28H,17-20H2,1H3/t25-,26+,27+,28-/m1/s1. The van der Waals surface area contributed by atoms with Crippen LogP contribution >= 0.6 is 0 Å². The Morgan fingerprint density at radius 3 is 1.69 bits per heavy atom. The molecule has 0 aromatic heterocycles. The molecule has 0 N–H and O–H groups in total. The van der Waals surface area contributed by atoms with Gasteiger partial charge in [0.2, 0.25) is 6.10 Å². The molecule has 36 heavy (non-hydrogen) atoms. The van der Waals surface area contributed by atoms with E-state index in [1.165, 1.54) is 6.92 Å². The lowest BCUT2D eigenvalue weighted by Gasteiger charge is -2.40. The van der Waals surface area contributed by atoms with Gasteiger partial charge in [-0.2, -0.15) is 0 Å². The van der Waals surface area contributed by atoms with Crippen LogP contribution in [0.4, 0.5) is 0 Å². The average Bonchev–Trinajstić information content (AvgIpc) is 2.90. The van der Waals surface area contributed by atoms with E-state index in [9.17, 15) is 9.59 Å². The molecule has 3 aromatic carbocycles. The van der Waals surface area contributed by atoms with Crippen molar-refractivity contribution < 1.29 is 33.3 Å². The summed E-state index contributed by atoms with van der Waals surface area (Å²) in [5.41, 5.74) is 2.86. The second-order valence-electron chi connectivity index (χ2n) is 8.53. The van der Waals surface area contributed by atoms with E-state index in [0.29, 0.717) is 6.61 Å². The van der Waals surface area contributed by atoms with E-state index in [2.05, 4.69) is 0 Å². The quantitative estimate of drug-likeness (QED) is 0.372. The van der Waals surface area contributed by atoms with Gasteiger partial charge in [-0.05, 0) is 16.7 Å². The summed E-state index contributed by atoms with van der Waals surface area (Å²) in [4.78, 5) is 24.7. The number of cyclic esters (lactones) is 1. The number of hydrogen-bond donors (Lipinski definition) is 0. The van der Waals surface area contributed by atoms with Gasteiger partial charge in [0.25, 0.3) is 0 Å². The number of carbonyl (C=O) groups excluding carboxylic acids is 2. The SMILES string of the molecule is CC(=O)O[C@H]1C(=O)O[C@H](COCc2ccccc2)[C@H](OCc2ccccc2)[C@@H]1OCc1ccccc1. The minimum Gasteiger partial charge on any atom is -0.454 e. The zero-order valence-corrected chi connectivity index (χ0v) is 20.2. The van der Waals surface area contributed by atoms with Gasteiger partial charge >= 0.3 is 11.9 Å². The van der Waals surface area contributed by atoms with E-state index in [-0.39, 0.29) is 19.8 Å². The van der Waals surface area contributed by atoms with Crippen LogP contribution in [0.3, 0.4) is 0 Å². The fourth-order valence-electron chi connectivity index (χ4n) is 4.01. The predicted molar refractivity (Wildman–Crippen MR) is 132 cm³/mol. The van der Waals surface area contributed by atoms with Crippen molar-refractivity contribution in [2.45, 2.75) is 51.2 Å². The highest BCUT2D eigenvalue weighted by Gasteiger charge is 2.50. The van der Waals surface area contributed by atoms with Crippen molar-refractivity contribution in [2.75, 3.05) is 6.61 Å². The van der Waals surface area contributed by atoms with E-state index in [0.717, 1.165) is 16.7 Å². The van der Waals surface area contributed by atoms with E-state index >= 15 is 0 Å². The summed E-state index contributed by atoms with van der Waals surface area (Å²) in [5, 5.41) is 0. The molecular weight excluding hydrogens is 460 g/mol. The van der Waals surface area contributed by atoms with Crippen molar-refractivity contribution in [1.29, 1.82) is 0 Å². The maximum absolute atomic E-state index is 12.9. The van der Waals surface area contributed by atoms with Crippen LogP contribution in [0, 0.1) is 0 Å². The van der Waals surface area contributed by atoms with Crippen LogP contribution in [-0.2, 0) is 53.1 Å². The minimum atomic E-state index is -1.25. The Bertz CT molecular complexity index is 1090. The van der Waals surface area contributed by atoms with Gasteiger partial charge in [0.1, 0.15) is 12.2 Å². The summed E-state index contributed by atoms with van der Waals surface area (Å²) in [7, 11) is 0. The van der Waals surface area contributed by atoms with E-state index in [1.807, 2.05) is 91.0 Å². The Morgan fingerprint density at radius 2 is 1.19 bits per heavy atom. The fraction of sp³-hybridized carbons (Fsp3) is 0.310. The maximum Gasteiger partial charge on any atom is 0.350 e. The molecule has 4 rings (SSSR count). The van der Waals surface area contributed by atoms with E-state index in [1.54, 1.807) is 0 Å². The Kier molecular flexibility index (Phi) is 9.21. The Morgan fingerprint density at radius 1 is 0.722 bits per heavy atom. The predicted octanol–water partition coefficient (Wildman–Crippen LogP) is 4.23. The molecule has 0 aliphatic carbocycles. The summed E-state index contributed by atoms with van der Waals surface area (Å²) in [6.07, 6.45) is -3.62. The van der Waals surface area contributed by atoms with E-state index < -0.39 is 36.4 Å². The smallest absolute Gasteiger partial charge is 0.350 e. The molecule has 1 fully saturated rings. The van der Waals surface area contributed by atoms with Crippen LogP contribution < -0.4 is 0 Å². The zero-order chi connectivity index (χ0) is 25.2. The van der Waals surface area contributed by atoms with Crippen LogP contribution in [0.15, 0.2) is 91.0 Å². The van der Waals surface area contributed by atoms with Crippen LogP contribution in [0.2, 0.25) is 0 Å². The molecule has 4 atom stereocenters. The first-order chi connectivity index (χ1) is 17.6. The molecule has 0 radical (unpaired) electrons. The Balaban J connectivity index is 1.54. The lowest BCUT2D eigenvalue weighted by molar-refractivity contribution is -0.236. The van der Waals surface area contributed by atoms with Gasteiger partial charge in [-0.15, -0.1) is 0 Å². The maximum atomic E-state index is 12.9. The number of benzene rings is 3. The molecule has 3 aromatic rings. The lowest BCUT2D eigenvalue weighted by atomic mass is 9.98. The van der Waals surface area contributed by atoms with Crippen molar-refractivity contribution in [3.63, 3.8) is 0 Å². The Hall–Kier alpha value is -3.52. The molecule has 1 aliphatic heterocycles. The molecule has 1 heterocycles. The summed E-state index contributed by atoms with van der Waals surface area (Å²) in [5.74, 6) is -1.29. The zero-order valence-electron chi connectivity index (χ0n) is 20.2. The number of ether oxygens (including phenoxy) is 5. The van der Waals surface area contributed by atoms with Crippen LogP contribution in [0.25, 0.3) is 0 Å². The molecule has 0 amide bonds. The number of carbonyl (C=O) groups is 2. The second-order valence-corrected chi connectivity index (χ2v) is 8.53. The molecular formula is C29H30O7. The molecule has 1 saturated heterocycles. The van der Waals surface area contributed by atoms with Crippen LogP contribution in [0.5, 0.6) is 0 Å². The monoisotopic (exact) mass is 490 g/mol. The summed E-state index contributed by atoms with van der Waals surface area (Å²) in [6, 6.07) is 28.9. The average molecular weight is 491 g/mol. The fourth-order valence-corrected chi connectivity index (χ4v) is 4.01. The first-order valence-electron chi connectivity index (χ1n) is 11.9. The third-order valence-electron chi connectivity index (χ3n) is 5.75. The molecule has 0 bridgehead atoms. The van der Waals surface area contributed by atoms with Gasteiger partial charge in [0.15, 0.2) is 6.10 Å². The van der Waals surface area contributed by atoms with E-state index in [4.69, 9.17) is 23.7 Å². The normalized spacial score (nSPS) is 21.5. The topological polar surface area (TPSA) is 80.3 Å². The Labute approximate surface area is 210 Å². The first kappa shape index (κ1) is 25.6. The molecule has 0 saturated carbocycles. The number of hydrogen-bond acceptors (Lipinski definition) is 7. The van der Waals surface area contributed by atoms with Gasteiger partial charge in [0, 0.05) is 6.92 Å². The van der Waals surface area contributed by atoms with Crippen LogP contribution in [-0.4, -0.2) is 43.0 Å². The van der Waals surface area contributed by atoms with Crippen molar-refractivity contribution in [3.05, 3.63) is 108 Å². The molecule has 0 spiro atoms. The van der Waals surface area contributed by atoms with Gasteiger partial charge in [0.05, 0.1) is 26.4 Å². The summed E-state index contributed by atoms with van der Waals surface area (Å²) in [6.45, 7) is 2.16. The molecule has 1 aliphatic rings. The van der Waals surface area contributed by atoms with Crippen LogP contribution in [0.1, 0.15) is 23.6 Å². The van der Waals surface area contributed by atoms with Crippen molar-refractivity contribution in [3.8, 4) is 0 Å². The molecule has 0 unspecified atom stereocenters. The third-order valence-corrected chi connectivity index (χ3v) is 5.75. The number of esters is 2. The van der Waals surface area contributed by atoms with Gasteiger partial charge in [-0.25, -0.2) is 4.79 Å². The van der Waals surface area contributed by atoms with Crippen molar-refractivity contribution in [1.82, 2.24) is 0 Å². The largest absolute Gasteiger partial charge is 0.454 e. The van der Waals surface area contributed by atoms with Gasteiger partial charge in [-0.3, -0.25) is 4.79 Å². The van der Waals surface area contributed by atoms with Crippen molar-refractivity contribution in [2.24, 2.45) is 0 Å². The summed E-state index contributed by atoms with van der Waals surface area (Å²) >= 11 is 0. The van der Waals surface area contributed by atoms with Gasteiger partial charge < -0.3 is 23.7 Å². The number of rotatable bonds is 11. The minimum absolute atomic E-state index is 0.0953. The highest BCUT2D eigenvalue weighted by molar-refractivity contribution is 5.80. The lowest BCUT2D eigenvalue weighted by Crippen LogP contribution is -2.59. The molecule has 7 heteroatoms. The highest BCUT2D eigenvalue weighted by atomic mass is 16.7. The summed E-state index contributed by atoms with van der Waals surface area (Å²) < 4.78 is 29.4. The first-order valence-corrected chi connectivity index (χ1v) is 11.9. The van der Waals surface area contributed by atoms with Crippen molar-refractivity contribution >= 4 is 11.9 Å². The molecule has 7 nitrogen and oxygen atoms in total. The second kappa shape index (κ2) is 13.0. The third kappa shape index (κ3) is 7.24. The highest BCUT2D eigenvalue weighted by Crippen LogP contribution is 2.27. The molecule has 188 valence electrons. The van der Waals surface area contributed by atoms with Gasteiger partial charge in [-0.1, -0.05) is 91.0 Å².